The van der Waals surface area contributed by atoms with E-state index in [1.165, 1.54) is 24.3 Å². The number of rotatable bonds is 7. The van der Waals surface area contributed by atoms with Crippen molar-refractivity contribution in [3.05, 3.63) is 0 Å². The average molecular weight is 245 g/mol. The molecule has 16 heavy (non-hydrogen) atoms. The van der Waals surface area contributed by atoms with Crippen LogP contribution in [0.4, 0.5) is 0 Å². The SMILES string of the molecule is CCNC(CCC(C)(C)OC)C1CCSC1. The molecule has 0 bridgehead atoms. The first-order valence-electron chi connectivity index (χ1n) is 6.45. The highest BCUT2D eigenvalue weighted by molar-refractivity contribution is 7.99. The molecule has 0 aromatic rings. The standard InChI is InChI=1S/C13H27NOS/c1-5-14-12(11-7-9-16-10-11)6-8-13(2,3)15-4/h11-12,14H,5-10H2,1-4H3. The van der Waals surface area contributed by atoms with E-state index >= 15 is 0 Å². The van der Waals surface area contributed by atoms with E-state index in [1.54, 1.807) is 0 Å². The number of hydrogen-bond acceptors (Lipinski definition) is 3. The summed E-state index contributed by atoms with van der Waals surface area (Å²) in [7, 11) is 1.81. The van der Waals surface area contributed by atoms with Crippen LogP contribution in [0.3, 0.4) is 0 Å². The van der Waals surface area contributed by atoms with Gasteiger partial charge in [-0.1, -0.05) is 6.92 Å². The number of nitrogens with one attached hydrogen (secondary N) is 1. The van der Waals surface area contributed by atoms with Crippen molar-refractivity contribution >= 4 is 11.8 Å². The van der Waals surface area contributed by atoms with E-state index in [1.807, 2.05) is 7.11 Å². The largest absolute Gasteiger partial charge is 0.379 e. The fourth-order valence-corrected chi connectivity index (χ4v) is 3.58. The highest BCUT2D eigenvalue weighted by Gasteiger charge is 2.27. The Labute approximate surface area is 105 Å². The van der Waals surface area contributed by atoms with Gasteiger partial charge >= 0.3 is 0 Å². The summed E-state index contributed by atoms with van der Waals surface area (Å²) >= 11 is 2.10. The molecule has 0 saturated carbocycles. The molecule has 2 atom stereocenters. The second kappa shape index (κ2) is 6.87. The zero-order valence-electron chi connectivity index (χ0n) is 11.2. The Bertz CT molecular complexity index is 190. The van der Waals surface area contributed by atoms with Gasteiger partial charge in [0.05, 0.1) is 5.60 Å². The van der Waals surface area contributed by atoms with Gasteiger partial charge in [-0.2, -0.15) is 11.8 Å². The van der Waals surface area contributed by atoms with E-state index in [9.17, 15) is 0 Å². The molecule has 1 rings (SSSR count). The summed E-state index contributed by atoms with van der Waals surface area (Å²) in [6.45, 7) is 7.65. The third kappa shape index (κ3) is 4.64. The number of thioether (sulfide) groups is 1. The van der Waals surface area contributed by atoms with Crippen LogP contribution >= 0.6 is 11.8 Å². The lowest BCUT2D eigenvalue weighted by Crippen LogP contribution is -2.38. The molecular weight excluding hydrogens is 218 g/mol. The van der Waals surface area contributed by atoms with Crippen molar-refractivity contribution in [2.24, 2.45) is 5.92 Å². The van der Waals surface area contributed by atoms with Crippen LogP contribution in [0.25, 0.3) is 0 Å². The van der Waals surface area contributed by atoms with Gasteiger partial charge in [0.1, 0.15) is 0 Å². The van der Waals surface area contributed by atoms with Gasteiger partial charge in [0.25, 0.3) is 0 Å². The lowest BCUT2D eigenvalue weighted by molar-refractivity contribution is 0.0105. The van der Waals surface area contributed by atoms with E-state index in [-0.39, 0.29) is 5.60 Å². The first kappa shape index (κ1) is 14.3. The molecule has 1 saturated heterocycles. The van der Waals surface area contributed by atoms with Gasteiger partial charge in [-0.15, -0.1) is 0 Å². The fraction of sp³-hybridized carbons (Fsp3) is 1.00. The van der Waals surface area contributed by atoms with E-state index in [2.05, 4.69) is 37.8 Å². The van der Waals surface area contributed by atoms with Crippen molar-refractivity contribution in [3.63, 3.8) is 0 Å². The number of methoxy groups -OCH3 is 1. The second-order valence-electron chi connectivity index (χ2n) is 5.29. The summed E-state index contributed by atoms with van der Waals surface area (Å²) in [5.74, 6) is 3.56. The van der Waals surface area contributed by atoms with Gasteiger partial charge in [-0.05, 0) is 57.1 Å². The summed E-state index contributed by atoms with van der Waals surface area (Å²) < 4.78 is 5.50. The highest BCUT2D eigenvalue weighted by Crippen LogP contribution is 2.29. The molecule has 2 unspecified atom stereocenters. The van der Waals surface area contributed by atoms with Crippen LogP contribution < -0.4 is 5.32 Å². The quantitative estimate of drug-likeness (QED) is 0.745. The van der Waals surface area contributed by atoms with E-state index in [0.29, 0.717) is 6.04 Å². The summed E-state index contributed by atoms with van der Waals surface area (Å²) in [5, 5.41) is 3.65. The van der Waals surface area contributed by atoms with Gasteiger partial charge in [0.15, 0.2) is 0 Å². The minimum Gasteiger partial charge on any atom is -0.379 e. The molecule has 1 aliphatic heterocycles. The van der Waals surface area contributed by atoms with E-state index in [4.69, 9.17) is 4.74 Å². The van der Waals surface area contributed by atoms with Gasteiger partial charge < -0.3 is 10.1 Å². The van der Waals surface area contributed by atoms with Crippen molar-refractivity contribution in [2.45, 2.75) is 51.7 Å². The van der Waals surface area contributed by atoms with Crippen LogP contribution in [0.1, 0.15) is 40.0 Å². The lowest BCUT2D eigenvalue weighted by Gasteiger charge is -2.29. The Hall–Kier alpha value is 0.270. The Balaban J connectivity index is 2.38. The van der Waals surface area contributed by atoms with Crippen molar-refractivity contribution in [1.29, 1.82) is 0 Å². The third-order valence-corrected chi connectivity index (χ3v) is 4.80. The fourth-order valence-electron chi connectivity index (χ4n) is 2.24. The Kier molecular flexibility index (Phi) is 6.16. The topological polar surface area (TPSA) is 21.3 Å². The van der Waals surface area contributed by atoms with Crippen LogP contribution in [0.5, 0.6) is 0 Å². The number of ether oxygens (including phenoxy) is 1. The molecule has 1 fully saturated rings. The average Bonchev–Trinajstić information content (AvgIpc) is 2.77. The third-order valence-electron chi connectivity index (χ3n) is 3.61. The van der Waals surface area contributed by atoms with Gasteiger partial charge in [-0.3, -0.25) is 0 Å². The molecule has 0 aromatic carbocycles. The molecule has 2 nitrogen and oxygen atoms in total. The van der Waals surface area contributed by atoms with Crippen LogP contribution in [0.15, 0.2) is 0 Å². The molecule has 96 valence electrons. The first-order chi connectivity index (χ1) is 7.59. The zero-order chi connectivity index (χ0) is 12.0. The monoisotopic (exact) mass is 245 g/mol. The van der Waals surface area contributed by atoms with E-state index < -0.39 is 0 Å². The second-order valence-corrected chi connectivity index (χ2v) is 6.44. The van der Waals surface area contributed by atoms with Crippen molar-refractivity contribution in [3.8, 4) is 0 Å². The maximum absolute atomic E-state index is 5.50. The molecule has 0 radical (unpaired) electrons. The van der Waals surface area contributed by atoms with Gasteiger partial charge in [-0.25, -0.2) is 0 Å². The van der Waals surface area contributed by atoms with Crippen LogP contribution in [-0.4, -0.2) is 36.8 Å². The van der Waals surface area contributed by atoms with Crippen molar-refractivity contribution in [1.82, 2.24) is 5.32 Å². The highest BCUT2D eigenvalue weighted by atomic mass is 32.2. The maximum atomic E-state index is 5.50. The molecule has 1 aliphatic rings. The molecule has 0 aromatic heterocycles. The molecule has 0 aliphatic carbocycles. The summed E-state index contributed by atoms with van der Waals surface area (Å²) in [5.41, 5.74) is 0.0272. The smallest absolute Gasteiger partial charge is 0.0623 e. The Morgan fingerprint density at radius 1 is 1.50 bits per heavy atom. The molecule has 1 N–H and O–H groups in total. The van der Waals surface area contributed by atoms with Crippen LogP contribution in [0.2, 0.25) is 0 Å². The predicted molar refractivity (Wildman–Crippen MR) is 73.2 cm³/mol. The van der Waals surface area contributed by atoms with Crippen molar-refractivity contribution in [2.75, 3.05) is 25.2 Å². The van der Waals surface area contributed by atoms with Crippen molar-refractivity contribution < 1.29 is 4.74 Å². The summed E-state index contributed by atoms with van der Waals surface area (Å²) in [6.07, 6.45) is 3.76. The lowest BCUT2D eigenvalue weighted by atomic mass is 9.90. The predicted octanol–water partition coefficient (Wildman–Crippen LogP) is 2.92. The minimum atomic E-state index is 0.0272. The van der Waals surface area contributed by atoms with E-state index in [0.717, 1.165) is 18.9 Å². The van der Waals surface area contributed by atoms with Crippen LogP contribution in [-0.2, 0) is 4.74 Å². The van der Waals surface area contributed by atoms with Crippen LogP contribution in [0, 0.1) is 5.92 Å². The zero-order valence-corrected chi connectivity index (χ0v) is 12.0. The Morgan fingerprint density at radius 3 is 2.75 bits per heavy atom. The number of hydrogen-bond donors (Lipinski definition) is 1. The first-order valence-corrected chi connectivity index (χ1v) is 7.61. The summed E-state index contributed by atoms with van der Waals surface area (Å²) in [4.78, 5) is 0. The van der Waals surface area contributed by atoms with Gasteiger partial charge in [0, 0.05) is 13.2 Å². The summed E-state index contributed by atoms with van der Waals surface area (Å²) in [6, 6.07) is 0.689. The molecule has 3 heteroatoms. The Morgan fingerprint density at radius 2 is 2.25 bits per heavy atom. The molecule has 0 amide bonds. The normalized spacial score (nSPS) is 23.6. The van der Waals surface area contributed by atoms with Gasteiger partial charge in [0.2, 0.25) is 0 Å². The molecule has 0 spiro atoms. The molecule has 1 heterocycles. The minimum absolute atomic E-state index is 0.0272. The molecular formula is C13H27NOS. The maximum Gasteiger partial charge on any atom is 0.0623 e.